The first kappa shape index (κ1) is 18.1. The Bertz CT molecular complexity index is 1210. The standard InChI is InChI=1S/C18H12ClF3N6/c1-8-24-15-12(21)6-10(20)7-13(15)28(8)18-26-16(23)14(22)17(27-18)25-11-4-2-9(19)3-5-11/h2-7H,1H3,(H3,23,25,26,27). The third kappa shape index (κ3) is 3.09. The van der Waals surface area contributed by atoms with Crippen LogP contribution in [-0.2, 0) is 0 Å². The Kier molecular flexibility index (Phi) is 4.31. The molecule has 142 valence electrons. The first-order valence-corrected chi connectivity index (χ1v) is 8.41. The summed E-state index contributed by atoms with van der Waals surface area (Å²) in [5, 5.41) is 3.30. The van der Waals surface area contributed by atoms with Crippen LogP contribution in [0.25, 0.3) is 17.0 Å². The third-order valence-corrected chi connectivity index (χ3v) is 4.27. The van der Waals surface area contributed by atoms with Crippen molar-refractivity contribution in [3.05, 3.63) is 64.7 Å². The number of hydrogen-bond acceptors (Lipinski definition) is 5. The number of aromatic nitrogens is 4. The van der Waals surface area contributed by atoms with Gasteiger partial charge in [-0.05, 0) is 31.2 Å². The minimum atomic E-state index is -0.863. The SMILES string of the molecule is Cc1nc2c(F)cc(F)cc2n1-c1nc(N)c(F)c(Nc2ccc(Cl)cc2)n1. The van der Waals surface area contributed by atoms with E-state index in [0.717, 1.165) is 12.1 Å². The summed E-state index contributed by atoms with van der Waals surface area (Å²) in [5.41, 5.74) is 6.24. The molecular formula is C18H12ClF3N6. The smallest absolute Gasteiger partial charge is 0.239 e. The van der Waals surface area contributed by atoms with Crippen LogP contribution in [0.15, 0.2) is 36.4 Å². The van der Waals surface area contributed by atoms with Gasteiger partial charge in [-0.2, -0.15) is 14.4 Å². The van der Waals surface area contributed by atoms with Crippen molar-refractivity contribution >= 4 is 40.0 Å². The van der Waals surface area contributed by atoms with Crippen molar-refractivity contribution in [3.8, 4) is 5.95 Å². The van der Waals surface area contributed by atoms with Gasteiger partial charge in [0.15, 0.2) is 17.5 Å². The van der Waals surface area contributed by atoms with E-state index in [-0.39, 0.29) is 28.6 Å². The molecule has 0 aliphatic rings. The van der Waals surface area contributed by atoms with Gasteiger partial charge < -0.3 is 11.1 Å². The Hall–Kier alpha value is -3.33. The van der Waals surface area contributed by atoms with Crippen LogP contribution in [0, 0.1) is 24.4 Å². The molecule has 0 aliphatic carbocycles. The number of nitrogens with zero attached hydrogens (tertiary/aromatic N) is 4. The van der Waals surface area contributed by atoms with Gasteiger partial charge >= 0.3 is 0 Å². The van der Waals surface area contributed by atoms with Gasteiger partial charge in [0.05, 0.1) is 5.52 Å². The fourth-order valence-corrected chi connectivity index (χ4v) is 2.90. The van der Waals surface area contributed by atoms with Gasteiger partial charge in [-0.15, -0.1) is 0 Å². The molecule has 2 heterocycles. The van der Waals surface area contributed by atoms with Crippen LogP contribution in [0.5, 0.6) is 0 Å². The summed E-state index contributed by atoms with van der Waals surface area (Å²) in [4.78, 5) is 12.1. The van der Waals surface area contributed by atoms with Crippen molar-refractivity contribution in [1.29, 1.82) is 0 Å². The maximum atomic E-state index is 14.4. The lowest BCUT2D eigenvalue weighted by Gasteiger charge is -2.12. The molecule has 0 spiro atoms. The molecule has 4 rings (SSSR count). The van der Waals surface area contributed by atoms with Crippen LogP contribution in [0.2, 0.25) is 5.02 Å². The van der Waals surface area contributed by atoms with E-state index in [1.807, 2.05) is 0 Å². The number of hydrogen-bond donors (Lipinski definition) is 2. The maximum absolute atomic E-state index is 14.4. The number of benzene rings is 2. The van der Waals surface area contributed by atoms with E-state index in [0.29, 0.717) is 10.7 Å². The van der Waals surface area contributed by atoms with Gasteiger partial charge in [0.25, 0.3) is 0 Å². The highest BCUT2D eigenvalue weighted by Crippen LogP contribution is 2.27. The van der Waals surface area contributed by atoms with E-state index in [1.165, 1.54) is 4.57 Å². The molecule has 2 aromatic carbocycles. The molecule has 0 unspecified atom stereocenters. The van der Waals surface area contributed by atoms with Gasteiger partial charge in [0.1, 0.15) is 17.2 Å². The Balaban J connectivity index is 1.87. The second-order valence-corrected chi connectivity index (χ2v) is 6.39. The number of aryl methyl sites for hydroxylation is 1. The minimum Gasteiger partial charge on any atom is -0.381 e. The maximum Gasteiger partial charge on any atom is 0.239 e. The van der Waals surface area contributed by atoms with E-state index in [1.54, 1.807) is 31.2 Å². The summed E-state index contributed by atoms with van der Waals surface area (Å²) >= 11 is 5.84. The minimum absolute atomic E-state index is 0.0578. The molecule has 4 aromatic rings. The highest BCUT2D eigenvalue weighted by atomic mass is 35.5. The van der Waals surface area contributed by atoms with E-state index in [4.69, 9.17) is 17.3 Å². The molecule has 28 heavy (non-hydrogen) atoms. The molecule has 2 aromatic heterocycles. The molecule has 6 nitrogen and oxygen atoms in total. The first-order chi connectivity index (χ1) is 13.3. The molecule has 0 saturated heterocycles. The van der Waals surface area contributed by atoms with Crippen molar-refractivity contribution in [1.82, 2.24) is 19.5 Å². The summed E-state index contributed by atoms with van der Waals surface area (Å²) in [6.07, 6.45) is 0. The van der Waals surface area contributed by atoms with Gasteiger partial charge in [0.2, 0.25) is 11.8 Å². The Morgan fingerprint density at radius 2 is 1.75 bits per heavy atom. The summed E-state index contributed by atoms with van der Waals surface area (Å²) in [6.45, 7) is 1.56. The van der Waals surface area contributed by atoms with Gasteiger partial charge in [-0.1, -0.05) is 11.6 Å². The number of nitrogen functional groups attached to an aromatic ring is 1. The van der Waals surface area contributed by atoms with Crippen molar-refractivity contribution in [2.45, 2.75) is 6.92 Å². The Labute approximate surface area is 161 Å². The number of rotatable bonds is 3. The zero-order chi connectivity index (χ0) is 20.0. The second-order valence-electron chi connectivity index (χ2n) is 5.95. The molecular weight excluding hydrogens is 393 g/mol. The predicted molar refractivity (Wildman–Crippen MR) is 100 cm³/mol. The van der Waals surface area contributed by atoms with E-state index in [9.17, 15) is 13.2 Å². The van der Waals surface area contributed by atoms with Crippen LogP contribution in [-0.4, -0.2) is 19.5 Å². The molecule has 0 saturated carbocycles. The zero-order valence-electron chi connectivity index (χ0n) is 14.3. The average Bonchev–Trinajstić information content (AvgIpc) is 2.97. The summed E-state index contributed by atoms with van der Waals surface area (Å²) in [6, 6.07) is 8.31. The van der Waals surface area contributed by atoms with Crippen LogP contribution in [0.3, 0.4) is 0 Å². The first-order valence-electron chi connectivity index (χ1n) is 8.03. The largest absolute Gasteiger partial charge is 0.381 e. The summed E-state index contributed by atoms with van der Waals surface area (Å²) < 4.78 is 43.5. The van der Waals surface area contributed by atoms with E-state index in [2.05, 4.69) is 20.3 Å². The number of nitrogens with two attached hydrogens (primary N) is 1. The summed E-state index contributed by atoms with van der Waals surface area (Å²) in [7, 11) is 0. The molecule has 0 amide bonds. The van der Waals surface area contributed by atoms with Gasteiger partial charge in [-0.3, -0.25) is 4.57 Å². The van der Waals surface area contributed by atoms with Crippen LogP contribution < -0.4 is 11.1 Å². The topological polar surface area (TPSA) is 81.7 Å². The highest BCUT2D eigenvalue weighted by molar-refractivity contribution is 6.30. The molecule has 0 fully saturated rings. The monoisotopic (exact) mass is 404 g/mol. The lowest BCUT2D eigenvalue weighted by molar-refractivity contribution is 0.590. The normalized spacial score (nSPS) is 11.2. The average molecular weight is 405 g/mol. The Morgan fingerprint density at radius 3 is 2.46 bits per heavy atom. The van der Waals surface area contributed by atoms with Gasteiger partial charge in [0, 0.05) is 22.8 Å². The fourth-order valence-electron chi connectivity index (χ4n) is 2.78. The van der Waals surface area contributed by atoms with E-state index < -0.39 is 23.3 Å². The van der Waals surface area contributed by atoms with Crippen molar-refractivity contribution < 1.29 is 13.2 Å². The number of anilines is 3. The predicted octanol–water partition coefficient (Wildman–Crippen LogP) is 4.52. The van der Waals surface area contributed by atoms with Crippen molar-refractivity contribution in [3.63, 3.8) is 0 Å². The van der Waals surface area contributed by atoms with Crippen molar-refractivity contribution in [2.24, 2.45) is 0 Å². The lowest BCUT2D eigenvalue weighted by Crippen LogP contribution is -2.10. The Morgan fingerprint density at radius 1 is 1.04 bits per heavy atom. The third-order valence-electron chi connectivity index (χ3n) is 4.02. The van der Waals surface area contributed by atoms with Crippen molar-refractivity contribution in [2.75, 3.05) is 11.1 Å². The fraction of sp³-hybridized carbons (Fsp3) is 0.0556. The molecule has 0 radical (unpaired) electrons. The van der Waals surface area contributed by atoms with Gasteiger partial charge in [-0.25, -0.2) is 13.8 Å². The summed E-state index contributed by atoms with van der Waals surface area (Å²) in [5.74, 6) is -2.92. The second kappa shape index (κ2) is 6.68. The molecule has 0 bridgehead atoms. The van der Waals surface area contributed by atoms with Crippen LogP contribution in [0.1, 0.15) is 5.82 Å². The lowest BCUT2D eigenvalue weighted by atomic mass is 10.3. The number of imidazole rings is 1. The quantitative estimate of drug-likeness (QED) is 0.524. The number of fused-ring (bicyclic) bond motifs is 1. The number of nitrogens with one attached hydrogen (secondary N) is 1. The highest BCUT2D eigenvalue weighted by Gasteiger charge is 2.19. The van der Waals surface area contributed by atoms with E-state index >= 15 is 0 Å². The molecule has 0 aliphatic heterocycles. The molecule has 10 heteroatoms. The van der Waals surface area contributed by atoms with Crippen LogP contribution >= 0.6 is 11.6 Å². The molecule has 0 atom stereocenters. The number of halogens is 4. The zero-order valence-corrected chi connectivity index (χ0v) is 15.1. The van der Waals surface area contributed by atoms with Crippen LogP contribution in [0.4, 0.5) is 30.5 Å². The molecule has 3 N–H and O–H groups in total.